The van der Waals surface area contributed by atoms with Gasteiger partial charge < -0.3 is 14.2 Å². The number of fused-ring (bicyclic) bond motifs is 1. The van der Waals surface area contributed by atoms with Crippen molar-refractivity contribution in [3.8, 4) is 11.5 Å². The lowest BCUT2D eigenvalue weighted by Gasteiger charge is -2.11. The summed E-state index contributed by atoms with van der Waals surface area (Å²) in [4.78, 5) is 20.6. The summed E-state index contributed by atoms with van der Waals surface area (Å²) in [5.41, 5.74) is 2.37. The van der Waals surface area contributed by atoms with E-state index in [0.29, 0.717) is 18.1 Å². The van der Waals surface area contributed by atoms with Crippen LogP contribution in [0.3, 0.4) is 0 Å². The molecule has 27 heavy (non-hydrogen) atoms. The first kappa shape index (κ1) is 18.6. The summed E-state index contributed by atoms with van der Waals surface area (Å²) in [7, 11) is 0. The molecule has 2 aromatic heterocycles. The molecule has 8 heteroatoms. The van der Waals surface area contributed by atoms with E-state index in [2.05, 4.69) is 15.1 Å². The van der Waals surface area contributed by atoms with E-state index in [1.807, 2.05) is 45.0 Å². The van der Waals surface area contributed by atoms with Gasteiger partial charge in [0, 0.05) is 17.0 Å². The van der Waals surface area contributed by atoms with Gasteiger partial charge in [-0.1, -0.05) is 0 Å². The third kappa shape index (κ3) is 4.52. The Kier molecular flexibility index (Phi) is 5.85. The molecule has 0 unspecified atom stereocenters. The third-order valence-corrected chi connectivity index (χ3v) is 4.06. The predicted molar refractivity (Wildman–Crippen MR) is 98.0 cm³/mol. The average Bonchev–Trinajstić information content (AvgIpc) is 3.12. The van der Waals surface area contributed by atoms with Crippen LogP contribution in [-0.2, 0) is 16.0 Å². The normalized spacial score (nSPS) is 10.8. The maximum absolute atomic E-state index is 12.2. The topological polar surface area (TPSA) is 87.8 Å². The van der Waals surface area contributed by atoms with Gasteiger partial charge in [-0.15, -0.1) is 0 Å². The highest BCUT2D eigenvalue weighted by atomic mass is 16.6. The van der Waals surface area contributed by atoms with E-state index in [0.717, 1.165) is 22.7 Å². The van der Waals surface area contributed by atoms with Crippen molar-refractivity contribution in [1.29, 1.82) is 0 Å². The molecule has 0 fully saturated rings. The summed E-state index contributed by atoms with van der Waals surface area (Å²) in [6, 6.07) is 7.31. The predicted octanol–water partition coefficient (Wildman–Crippen LogP) is 2.30. The van der Waals surface area contributed by atoms with Crippen LogP contribution in [0.25, 0.3) is 5.78 Å². The average molecular weight is 370 g/mol. The molecule has 142 valence electrons. The van der Waals surface area contributed by atoms with Gasteiger partial charge in [0.05, 0.1) is 13.0 Å². The fourth-order valence-electron chi connectivity index (χ4n) is 2.72. The first-order valence-corrected chi connectivity index (χ1v) is 8.75. The van der Waals surface area contributed by atoms with Crippen LogP contribution in [-0.4, -0.2) is 45.4 Å². The molecule has 0 atom stereocenters. The summed E-state index contributed by atoms with van der Waals surface area (Å²) in [5.74, 6) is 1.67. The zero-order valence-electron chi connectivity index (χ0n) is 15.6. The Morgan fingerprint density at radius 3 is 2.48 bits per heavy atom. The summed E-state index contributed by atoms with van der Waals surface area (Å²) < 4.78 is 17.8. The summed E-state index contributed by atoms with van der Waals surface area (Å²) in [6.45, 7) is 6.73. The molecular weight excluding hydrogens is 348 g/mol. The molecule has 0 spiro atoms. The molecule has 0 aliphatic heterocycles. The van der Waals surface area contributed by atoms with E-state index < -0.39 is 0 Å². The highest BCUT2D eigenvalue weighted by molar-refractivity contribution is 5.73. The van der Waals surface area contributed by atoms with Crippen LogP contribution in [0.4, 0.5) is 0 Å². The number of benzene rings is 1. The summed E-state index contributed by atoms with van der Waals surface area (Å²) >= 11 is 0. The maximum atomic E-state index is 12.2. The largest absolute Gasteiger partial charge is 0.494 e. The number of carbonyl (C=O) groups excluding carboxylic acids is 1. The fourth-order valence-corrected chi connectivity index (χ4v) is 2.72. The first-order chi connectivity index (χ1) is 13.1. The van der Waals surface area contributed by atoms with Gasteiger partial charge in [-0.3, -0.25) is 4.79 Å². The van der Waals surface area contributed by atoms with Gasteiger partial charge in [0.15, 0.2) is 0 Å². The van der Waals surface area contributed by atoms with Crippen LogP contribution < -0.4 is 9.47 Å². The molecule has 8 nitrogen and oxygen atoms in total. The summed E-state index contributed by atoms with van der Waals surface area (Å²) in [5, 5.41) is 4.12. The van der Waals surface area contributed by atoms with Crippen LogP contribution in [0.1, 0.15) is 23.9 Å². The highest BCUT2D eigenvalue weighted by Gasteiger charge is 2.15. The van der Waals surface area contributed by atoms with Crippen molar-refractivity contribution in [3.63, 3.8) is 0 Å². The number of ether oxygens (including phenoxy) is 3. The van der Waals surface area contributed by atoms with Gasteiger partial charge in [0.1, 0.15) is 31.0 Å². The van der Waals surface area contributed by atoms with Crippen molar-refractivity contribution in [2.24, 2.45) is 0 Å². The zero-order chi connectivity index (χ0) is 19.2. The monoisotopic (exact) mass is 370 g/mol. The smallest absolute Gasteiger partial charge is 0.310 e. The maximum Gasteiger partial charge on any atom is 0.310 e. The number of nitrogens with zero attached hydrogens (tertiary/aromatic N) is 4. The number of rotatable bonds is 8. The lowest BCUT2D eigenvalue weighted by molar-refractivity contribution is -0.143. The molecular formula is C19H22N4O4. The second-order valence-corrected chi connectivity index (χ2v) is 5.88. The Balaban J connectivity index is 1.49. The van der Waals surface area contributed by atoms with Crippen molar-refractivity contribution in [2.45, 2.75) is 27.2 Å². The van der Waals surface area contributed by atoms with Gasteiger partial charge >= 0.3 is 5.97 Å². The minimum Gasteiger partial charge on any atom is -0.494 e. The first-order valence-electron chi connectivity index (χ1n) is 8.75. The fraction of sp³-hybridized carbons (Fsp3) is 0.368. The van der Waals surface area contributed by atoms with E-state index in [9.17, 15) is 4.79 Å². The van der Waals surface area contributed by atoms with Crippen LogP contribution in [0.15, 0.2) is 30.6 Å². The van der Waals surface area contributed by atoms with Crippen molar-refractivity contribution < 1.29 is 19.0 Å². The van der Waals surface area contributed by atoms with Crippen LogP contribution in [0, 0.1) is 13.8 Å². The van der Waals surface area contributed by atoms with Crippen LogP contribution in [0.5, 0.6) is 11.5 Å². The van der Waals surface area contributed by atoms with Crippen molar-refractivity contribution in [3.05, 3.63) is 47.5 Å². The second-order valence-electron chi connectivity index (χ2n) is 5.88. The Morgan fingerprint density at radius 2 is 1.78 bits per heavy atom. The van der Waals surface area contributed by atoms with E-state index in [4.69, 9.17) is 14.2 Å². The molecule has 0 amide bonds. The SMILES string of the molecule is CCOc1ccc(OCCOC(=O)Cc2c(C)nc3ncnn3c2C)cc1. The molecule has 3 rings (SSSR count). The Labute approximate surface area is 157 Å². The molecule has 2 heterocycles. The van der Waals surface area contributed by atoms with E-state index in [-0.39, 0.29) is 25.6 Å². The quantitative estimate of drug-likeness (QED) is 0.444. The number of aromatic nitrogens is 4. The van der Waals surface area contributed by atoms with Gasteiger partial charge in [0.2, 0.25) is 0 Å². The molecule has 0 saturated heterocycles. The lowest BCUT2D eigenvalue weighted by atomic mass is 10.1. The third-order valence-electron chi connectivity index (χ3n) is 4.06. The number of hydrogen-bond donors (Lipinski definition) is 0. The zero-order valence-corrected chi connectivity index (χ0v) is 15.6. The van der Waals surface area contributed by atoms with Gasteiger partial charge in [0.25, 0.3) is 5.78 Å². The molecule has 0 aliphatic carbocycles. The molecule has 0 bridgehead atoms. The summed E-state index contributed by atoms with van der Waals surface area (Å²) in [6.07, 6.45) is 1.57. The van der Waals surface area contributed by atoms with Crippen molar-refractivity contribution in [2.75, 3.05) is 19.8 Å². The minimum atomic E-state index is -0.335. The number of carbonyl (C=O) groups is 1. The van der Waals surface area contributed by atoms with Gasteiger partial charge in [-0.25, -0.2) is 9.50 Å². The van der Waals surface area contributed by atoms with E-state index in [1.54, 1.807) is 4.52 Å². The number of aryl methyl sites for hydroxylation is 2. The molecule has 3 aromatic rings. The molecule has 0 N–H and O–H groups in total. The van der Waals surface area contributed by atoms with Gasteiger partial charge in [-0.2, -0.15) is 10.1 Å². The standard InChI is InChI=1S/C19H22N4O4/c1-4-25-15-5-7-16(8-6-15)26-9-10-27-18(24)11-17-13(2)22-19-20-12-21-23(19)14(17)3/h5-8,12H,4,9-11H2,1-3H3. The van der Waals surface area contributed by atoms with E-state index >= 15 is 0 Å². The Morgan fingerprint density at radius 1 is 1.07 bits per heavy atom. The lowest BCUT2D eigenvalue weighted by Crippen LogP contribution is -2.16. The Bertz CT molecular complexity index is 921. The van der Waals surface area contributed by atoms with E-state index in [1.165, 1.54) is 6.33 Å². The van der Waals surface area contributed by atoms with Crippen LogP contribution in [0.2, 0.25) is 0 Å². The number of hydrogen-bond acceptors (Lipinski definition) is 7. The highest BCUT2D eigenvalue weighted by Crippen LogP contribution is 2.17. The Hall–Kier alpha value is -3.16. The molecule has 0 aliphatic rings. The second kappa shape index (κ2) is 8.48. The van der Waals surface area contributed by atoms with Crippen molar-refractivity contribution >= 4 is 11.7 Å². The molecule has 0 radical (unpaired) electrons. The molecule has 1 aromatic carbocycles. The van der Waals surface area contributed by atoms with Crippen LogP contribution >= 0.6 is 0 Å². The number of esters is 1. The van der Waals surface area contributed by atoms with Gasteiger partial charge in [-0.05, 0) is 45.0 Å². The minimum absolute atomic E-state index is 0.128. The molecule has 0 saturated carbocycles. The van der Waals surface area contributed by atoms with Crippen molar-refractivity contribution in [1.82, 2.24) is 19.6 Å².